The highest BCUT2D eigenvalue weighted by atomic mass is 16.5. The van der Waals surface area contributed by atoms with Crippen LogP contribution < -0.4 is 4.91 Å². The van der Waals surface area contributed by atoms with Crippen LogP contribution in [0.3, 0.4) is 0 Å². The Morgan fingerprint density at radius 1 is 1.92 bits per heavy atom. The summed E-state index contributed by atoms with van der Waals surface area (Å²) < 4.78 is 4.70. The second kappa shape index (κ2) is 4.13. The van der Waals surface area contributed by atoms with E-state index in [-0.39, 0.29) is 18.1 Å². The van der Waals surface area contributed by atoms with Gasteiger partial charge in [-0.05, 0) is 6.92 Å². The van der Waals surface area contributed by atoms with Gasteiger partial charge in [0.25, 0.3) is 5.82 Å². The van der Waals surface area contributed by atoms with E-state index in [0.29, 0.717) is 0 Å². The van der Waals surface area contributed by atoms with Crippen molar-refractivity contribution in [1.29, 1.82) is 5.53 Å². The maximum absolute atomic E-state index is 11.1. The first-order valence-electron chi connectivity index (χ1n) is 3.57. The van der Waals surface area contributed by atoms with Gasteiger partial charge in [0.05, 0.1) is 12.9 Å². The molecule has 0 atom stereocenters. The lowest BCUT2D eigenvalue weighted by molar-refractivity contribution is 0.0521. The maximum Gasteiger partial charge on any atom is 0.359 e. The van der Waals surface area contributed by atoms with Gasteiger partial charge in [-0.25, -0.2) is 9.78 Å². The number of rotatable bonds is 3. The number of carbonyl (C=O) groups is 1. The second-order valence-electron chi connectivity index (χ2n) is 2.02. The molecule has 0 fully saturated rings. The molecule has 68 valence electrons. The van der Waals surface area contributed by atoms with Crippen molar-refractivity contribution in [2.75, 3.05) is 6.61 Å². The van der Waals surface area contributed by atoms with Crippen LogP contribution in [0.1, 0.15) is 17.4 Å². The second-order valence-corrected chi connectivity index (χ2v) is 2.02. The first-order chi connectivity index (χ1) is 6.29. The smallest absolute Gasteiger partial charge is 0.359 e. The van der Waals surface area contributed by atoms with Gasteiger partial charge in [0.15, 0.2) is 10.8 Å². The summed E-state index contributed by atoms with van der Waals surface area (Å²) in [5, 5.41) is 3.32. The summed E-state index contributed by atoms with van der Waals surface area (Å²) in [6.07, 6.45) is 1.29. The van der Waals surface area contributed by atoms with Crippen LogP contribution in [0.25, 0.3) is 0 Å². The number of carbonyl (C=O) groups excluding carboxylic acids is 1. The summed E-state index contributed by atoms with van der Waals surface area (Å²) in [6.45, 7) is 1.97. The number of imidazole rings is 1. The first kappa shape index (κ1) is 9.08. The SMILES string of the molecule is CCOC(=O)c1[nH]cnc1N=[N+]=N. The van der Waals surface area contributed by atoms with Crippen LogP contribution in [-0.2, 0) is 4.74 Å². The summed E-state index contributed by atoms with van der Waals surface area (Å²) in [5.74, 6) is -0.490. The van der Waals surface area contributed by atoms with Gasteiger partial charge in [-0.1, -0.05) is 0 Å². The Balaban J connectivity index is 2.93. The van der Waals surface area contributed by atoms with Crippen LogP contribution in [0.4, 0.5) is 5.82 Å². The van der Waals surface area contributed by atoms with Gasteiger partial charge in [0, 0.05) is 0 Å². The van der Waals surface area contributed by atoms with Gasteiger partial charge in [-0.3, -0.25) is 0 Å². The lowest BCUT2D eigenvalue weighted by Gasteiger charge is -1.96. The minimum atomic E-state index is -0.553. The normalized spacial score (nSPS) is 9.00. The van der Waals surface area contributed by atoms with Gasteiger partial charge in [-0.2, -0.15) is 0 Å². The molecule has 0 spiro atoms. The number of aromatic amines is 1. The predicted molar refractivity (Wildman–Crippen MR) is 41.5 cm³/mol. The zero-order valence-corrected chi connectivity index (χ0v) is 6.94. The van der Waals surface area contributed by atoms with Gasteiger partial charge in [0.1, 0.15) is 5.53 Å². The molecule has 7 heteroatoms. The molecule has 1 heterocycles. The molecule has 0 aliphatic heterocycles. The summed E-state index contributed by atoms with van der Waals surface area (Å²) in [7, 11) is 0. The molecule has 7 nitrogen and oxygen atoms in total. The van der Waals surface area contributed by atoms with Crippen LogP contribution in [0.5, 0.6) is 0 Å². The molecule has 0 radical (unpaired) electrons. The Labute approximate surface area is 73.4 Å². The molecule has 0 saturated heterocycles. The van der Waals surface area contributed by atoms with E-state index in [2.05, 4.69) is 20.0 Å². The van der Waals surface area contributed by atoms with E-state index in [1.165, 1.54) is 6.33 Å². The van der Waals surface area contributed by atoms with E-state index in [9.17, 15) is 4.79 Å². The molecule has 0 aliphatic rings. The van der Waals surface area contributed by atoms with Crippen molar-refractivity contribution in [3.63, 3.8) is 0 Å². The minimum absolute atomic E-state index is 0.0634. The number of nitrogens with one attached hydrogen (secondary N) is 2. The summed E-state index contributed by atoms with van der Waals surface area (Å²) in [4.78, 5) is 20.1. The number of hydrogen-bond acceptors (Lipinski definition) is 5. The third kappa shape index (κ3) is 1.97. The molecule has 2 N–H and O–H groups in total. The zero-order valence-electron chi connectivity index (χ0n) is 6.94. The molecule has 0 aliphatic carbocycles. The van der Waals surface area contributed by atoms with E-state index in [0.717, 1.165) is 0 Å². The van der Waals surface area contributed by atoms with Crippen molar-refractivity contribution in [2.45, 2.75) is 6.92 Å². The van der Waals surface area contributed by atoms with Crippen LogP contribution in [0.2, 0.25) is 0 Å². The van der Waals surface area contributed by atoms with Crippen molar-refractivity contribution in [1.82, 2.24) is 14.9 Å². The van der Waals surface area contributed by atoms with Crippen molar-refractivity contribution in [3.8, 4) is 0 Å². The van der Waals surface area contributed by atoms with Gasteiger partial charge in [0.2, 0.25) is 4.91 Å². The lowest BCUT2D eigenvalue weighted by Crippen LogP contribution is -2.05. The number of H-pyrrole nitrogens is 1. The quantitative estimate of drug-likeness (QED) is 0.409. The average molecular weight is 182 g/mol. The molecule has 0 amide bonds. The van der Waals surface area contributed by atoms with E-state index in [1.807, 2.05) is 0 Å². The van der Waals surface area contributed by atoms with Crippen LogP contribution in [-0.4, -0.2) is 22.5 Å². The van der Waals surface area contributed by atoms with Crippen molar-refractivity contribution in [2.24, 2.45) is 5.11 Å². The highest BCUT2D eigenvalue weighted by Gasteiger charge is 2.17. The van der Waals surface area contributed by atoms with Crippen molar-refractivity contribution in [3.05, 3.63) is 12.0 Å². The molecular formula is C6H8N5O2+. The van der Waals surface area contributed by atoms with Gasteiger partial charge >= 0.3 is 5.97 Å². The highest BCUT2D eigenvalue weighted by molar-refractivity contribution is 5.91. The fraction of sp³-hybridized carbons (Fsp3) is 0.333. The van der Waals surface area contributed by atoms with Crippen LogP contribution in [0, 0.1) is 5.53 Å². The molecule has 1 aromatic rings. The molecule has 0 aromatic carbocycles. The number of hydrogen-bond donors (Lipinski definition) is 2. The zero-order chi connectivity index (χ0) is 9.68. The Morgan fingerprint density at radius 2 is 2.69 bits per heavy atom. The number of nitrogens with zero attached hydrogens (tertiary/aromatic N) is 3. The molecule has 0 bridgehead atoms. The molecular weight excluding hydrogens is 174 g/mol. The van der Waals surface area contributed by atoms with Gasteiger partial charge < -0.3 is 9.72 Å². The summed E-state index contributed by atoms with van der Waals surface area (Å²) in [6, 6.07) is 0. The number of ether oxygens (including phenoxy) is 1. The van der Waals surface area contributed by atoms with Gasteiger partial charge in [-0.15, -0.1) is 0 Å². The Bertz CT molecular complexity index is 352. The van der Waals surface area contributed by atoms with E-state index in [1.54, 1.807) is 6.92 Å². The Morgan fingerprint density at radius 3 is 3.31 bits per heavy atom. The van der Waals surface area contributed by atoms with E-state index < -0.39 is 5.97 Å². The molecule has 0 saturated carbocycles. The van der Waals surface area contributed by atoms with Crippen LogP contribution in [0.15, 0.2) is 11.4 Å². The average Bonchev–Trinajstić information content (AvgIpc) is 2.54. The predicted octanol–water partition coefficient (Wildman–Crippen LogP) is 0.768. The molecule has 0 unspecified atom stereocenters. The fourth-order valence-corrected chi connectivity index (χ4v) is 0.764. The maximum atomic E-state index is 11.1. The number of esters is 1. The molecule has 1 aromatic heterocycles. The molecule has 1 rings (SSSR count). The largest absolute Gasteiger partial charge is 0.461 e. The topological polar surface area (TPSA) is 105 Å². The number of aromatic nitrogens is 2. The Kier molecular flexibility index (Phi) is 2.88. The molecule has 13 heavy (non-hydrogen) atoms. The van der Waals surface area contributed by atoms with E-state index in [4.69, 9.17) is 10.3 Å². The Hall–Kier alpha value is -2.01. The standard InChI is InChI=1S/C6H7N5O2/c1-2-13-6(12)4-5(10-11-7)9-3-8-4/h3,7H,2H2,1H3/p+1. The first-order valence-corrected chi connectivity index (χ1v) is 3.57. The van der Waals surface area contributed by atoms with Crippen LogP contribution >= 0.6 is 0 Å². The van der Waals surface area contributed by atoms with E-state index >= 15 is 0 Å². The van der Waals surface area contributed by atoms with Crippen molar-refractivity contribution < 1.29 is 9.53 Å². The fourth-order valence-electron chi connectivity index (χ4n) is 0.764. The summed E-state index contributed by atoms with van der Waals surface area (Å²) in [5.41, 5.74) is 6.58. The third-order valence-electron chi connectivity index (χ3n) is 1.24. The summed E-state index contributed by atoms with van der Waals surface area (Å²) >= 11 is 0. The monoisotopic (exact) mass is 182 g/mol. The van der Waals surface area contributed by atoms with Crippen molar-refractivity contribution >= 4 is 11.8 Å². The lowest BCUT2D eigenvalue weighted by atomic mass is 10.4. The minimum Gasteiger partial charge on any atom is -0.461 e. The highest BCUT2D eigenvalue weighted by Crippen LogP contribution is 2.12. The third-order valence-corrected chi connectivity index (χ3v) is 1.24.